The zero-order valence-corrected chi connectivity index (χ0v) is 8.87. The number of allylic oxidation sites excluding steroid dienone is 4. The summed E-state index contributed by atoms with van der Waals surface area (Å²) in [5, 5.41) is 0. The summed E-state index contributed by atoms with van der Waals surface area (Å²) in [6, 6.07) is 0. The Hall–Kier alpha value is 0.813. The van der Waals surface area contributed by atoms with E-state index in [-0.39, 0.29) is 51.0 Å². The van der Waals surface area contributed by atoms with Crippen molar-refractivity contribution >= 4 is 0 Å². The summed E-state index contributed by atoms with van der Waals surface area (Å²) in [5.74, 6) is 0. The molecule has 0 heterocycles. The van der Waals surface area contributed by atoms with Gasteiger partial charge in [0.05, 0.1) is 0 Å². The van der Waals surface area contributed by atoms with Crippen molar-refractivity contribution in [2.45, 2.75) is 6.42 Å². The van der Waals surface area contributed by atoms with Gasteiger partial charge in [-0.3, -0.25) is 0 Å². The van der Waals surface area contributed by atoms with Gasteiger partial charge in [-0.2, -0.15) is 0 Å². The number of hydrogen-bond donors (Lipinski definition) is 0. The molecule has 0 saturated carbocycles. The van der Waals surface area contributed by atoms with E-state index >= 15 is 0 Å². The van der Waals surface area contributed by atoms with Crippen LogP contribution in [0.5, 0.6) is 0 Å². The molecule has 0 fully saturated rings. The topological polar surface area (TPSA) is 0 Å². The van der Waals surface area contributed by atoms with Crippen LogP contribution in [0.25, 0.3) is 0 Å². The van der Waals surface area contributed by atoms with Crippen LogP contribution in [0.1, 0.15) is 6.42 Å². The number of rotatable bonds is 0. The van der Waals surface area contributed by atoms with Gasteiger partial charge < -0.3 is 24.8 Å². The molecule has 0 aliphatic heterocycles. The monoisotopic (exact) mass is 239 g/mol. The van der Waals surface area contributed by atoms with E-state index in [1.165, 1.54) is 5.57 Å². The molecule has 1 radical (unpaired) electrons. The quantitative estimate of drug-likeness (QED) is 0.377. The fourth-order valence-electron chi connectivity index (χ4n) is 0.492. The third-order valence-corrected chi connectivity index (χ3v) is 0.848. The van der Waals surface area contributed by atoms with Gasteiger partial charge in [0.25, 0.3) is 0 Å². The van der Waals surface area contributed by atoms with Gasteiger partial charge in [-0.1, -0.05) is 0 Å². The molecule has 9 heavy (non-hydrogen) atoms. The van der Waals surface area contributed by atoms with Crippen LogP contribution < -0.4 is 24.8 Å². The molecule has 0 nitrogen and oxygen atoms in total. The molecule has 0 N–H and O–H groups in total. The molecule has 0 amide bonds. The van der Waals surface area contributed by atoms with Crippen LogP contribution in [0.2, 0.25) is 0 Å². The first-order chi connectivity index (χ1) is 2.89. The average molecular weight is 241 g/mol. The first kappa shape index (κ1) is 16.4. The van der Waals surface area contributed by atoms with E-state index in [9.17, 15) is 0 Å². The second-order valence-electron chi connectivity index (χ2n) is 1.46. The van der Waals surface area contributed by atoms with E-state index in [1.807, 2.05) is 12.2 Å². The van der Waals surface area contributed by atoms with E-state index in [1.54, 1.807) is 0 Å². The Labute approximate surface area is 87.7 Å². The maximum absolute atomic E-state index is 3.74. The summed E-state index contributed by atoms with van der Waals surface area (Å²) in [5.41, 5.74) is 1.22. The van der Waals surface area contributed by atoms with Crippen LogP contribution in [0.3, 0.4) is 0 Å². The molecule has 3 heteroatoms. The van der Waals surface area contributed by atoms with Crippen molar-refractivity contribution in [2.24, 2.45) is 0 Å². The fourth-order valence-corrected chi connectivity index (χ4v) is 0.492. The molecule has 0 aromatic rings. The van der Waals surface area contributed by atoms with Crippen LogP contribution in [0.4, 0.5) is 0 Å². The largest absolute Gasteiger partial charge is 3.00 e. The van der Waals surface area contributed by atoms with Gasteiger partial charge in [-0.15, -0.1) is 12.2 Å². The molecule has 0 aromatic heterocycles. The number of hydrogen-bond acceptors (Lipinski definition) is 0. The van der Waals surface area contributed by atoms with E-state index in [2.05, 4.69) is 13.0 Å². The molecular formula is C6H7Cl2Zr. The van der Waals surface area contributed by atoms with Crippen molar-refractivity contribution in [3.63, 3.8) is 0 Å². The third-order valence-electron chi connectivity index (χ3n) is 0.848. The van der Waals surface area contributed by atoms with Gasteiger partial charge in [0, 0.05) is 0 Å². The molecule has 0 unspecified atom stereocenters. The Morgan fingerprint density at radius 1 is 1.33 bits per heavy atom. The third kappa shape index (κ3) is 6.70. The minimum atomic E-state index is 0. The van der Waals surface area contributed by atoms with Crippen molar-refractivity contribution in [3.05, 3.63) is 30.7 Å². The maximum Gasteiger partial charge on any atom is 3.00 e. The predicted octanol–water partition coefficient (Wildman–Crippen LogP) is -4.29. The smallest absolute Gasteiger partial charge is 1.00 e. The van der Waals surface area contributed by atoms with Gasteiger partial charge >= 0.3 is 26.2 Å². The summed E-state index contributed by atoms with van der Waals surface area (Å²) >= 11 is 0. The zero-order chi connectivity index (χ0) is 4.41. The predicted molar refractivity (Wildman–Crippen MR) is 27.2 cm³/mol. The number of halogens is 2. The summed E-state index contributed by atoms with van der Waals surface area (Å²) in [6.45, 7) is 3.74. The van der Waals surface area contributed by atoms with Crippen molar-refractivity contribution < 1.29 is 51.0 Å². The maximum atomic E-state index is 3.74. The first-order valence-electron chi connectivity index (χ1n) is 2.07. The minimum absolute atomic E-state index is 0. The molecule has 0 aromatic carbocycles. The Kier molecular flexibility index (Phi) is 16.1. The molecule has 49 valence electrons. The van der Waals surface area contributed by atoms with Gasteiger partial charge in [-0.05, 0) is 6.42 Å². The normalized spacial score (nSPS) is 12.2. The van der Waals surface area contributed by atoms with E-state index in [4.69, 9.17) is 0 Å². The van der Waals surface area contributed by atoms with Crippen LogP contribution in [-0.2, 0) is 26.2 Å². The molecule has 0 bridgehead atoms. The van der Waals surface area contributed by atoms with Gasteiger partial charge in [-0.25, -0.2) is 18.6 Å². The van der Waals surface area contributed by atoms with E-state index in [0.29, 0.717) is 0 Å². The van der Waals surface area contributed by atoms with Gasteiger partial charge in [0.2, 0.25) is 0 Å². The molecule has 1 aliphatic rings. The van der Waals surface area contributed by atoms with Crippen LogP contribution in [-0.4, -0.2) is 0 Å². The molecule has 0 saturated heterocycles. The van der Waals surface area contributed by atoms with Crippen molar-refractivity contribution in [1.82, 2.24) is 0 Å². The molecular weight excluding hydrogens is 234 g/mol. The standard InChI is InChI=1S/C6H7.2ClH.Zr/c1-6-4-2-3-5-6;;;/h2-4H,1,5H2;2*1H;/q-1;;;+3/p-2. The fraction of sp³-hybridized carbons (Fsp3) is 0.167. The van der Waals surface area contributed by atoms with E-state index in [0.717, 1.165) is 6.42 Å². The SMILES string of the molecule is [CH2-]C1=CC=CC1.[Cl-].[Cl-].[Zr+3]. The Bertz CT molecular complexity index is 108. The second-order valence-corrected chi connectivity index (χ2v) is 1.46. The van der Waals surface area contributed by atoms with Crippen molar-refractivity contribution in [1.29, 1.82) is 0 Å². The van der Waals surface area contributed by atoms with Crippen LogP contribution in [0.15, 0.2) is 23.8 Å². The van der Waals surface area contributed by atoms with Crippen molar-refractivity contribution in [2.75, 3.05) is 0 Å². The molecule has 1 aliphatic carbocycles. The molecule has 0 atom stereocenters. The minimum Gasteiger partial charge on any atom is -1.00 e. The van der Waals surface area contributed by atoms with Crippen LogP contribution >= 0.6 is 0 Å². The van der Waals surface area contributed by atoms with E-state index < -0.39 is 0 Å². The second kappa shape index (κ2) is 8.81. The first-order valence-corrected chi connectivity index (χ1v) is 2.07. The Morgan fingerprint density at radius 2 is 1.89 bits per heavy atom. The van der Waals surface area contributed by atoms with Gasteiger partial charge in [0.15, 0.2) is 0 Å². The summed E-state index contributed by atoms with van der Waals surface area (Å²) < 4.78 is 0. The summed E-state index contributed by atoms with van der Waals surface area (Å²) in [7, 11) is 0. The molecule has 0 spiro atoms. The summed E-state index contributed by atoms with van der Waals surface area (Å²) in [4.78, 5) is 0. The average Bonchev–Trinajstić information content (AvgIpc) is 1.86. The Balaban J connectivity index is -0.000000120. The van der Waals surface area contributed by atoms with Crippen molar-refractivity contribution in [3.8, 4) is 0 Å². The van der Waals surface area contributed by atoms with Crippen LogP contribution in [0, 0.1) is 6.92 Å². The summed E-state index contributed by atoms with van der Waals surface area (Å²) in [6.07, 6.45) is 7.21. The Morgan fingerprint density at radius 3 is 2.00 bits per heavy atom. The van der Waals surface area contributed by atoms with Gasteiger partial charge in [0.1, 0.15) is 0 Å². The molecule has 1 rings (SSSR count). The zero-order valence-electron chi connectivity index (χ0n) is 4.90.